The Kier molecular flexibility index (Phi) is 3.60. The highest BCUT2D eigenvalue weighted by Crippen LogP contribution is 2.22. The minimum absolute atomic E-state index is 0.0129. The van der Waals surface area contributed by atoms with Crippen LogP contribution in [0.2, 0.25) is 0 Å². The number of nitrogen functional groups attached to an aromatic ring is 1. The Hall–Kier alpha value is -1.84. The molecular weight excluding hydrogens is 254 g/mol. The molecule has 1 aliphatic heterocycles. The number of hydrogen-bond donors (Lipinski definition) is 7. The van der Waals surface area contributed by atoms with E-state index in [9.17, 15) is 20.1 Å². The van der Waals surface area contributed by atoms with Crippen LogP contribution < -0.4 is 21.9 Å². The van der Waals surface area contributed by atoms with Crippen molar-refractivity contribution in [1.29, 1.82) is 0 Å². The summed E-state index contributed by atoms with van der Waals surface area (Å²) in [7, 11) is 0. The topological polar surface area (TPSA) is 157 Å². The van der Waals surface area contributed by atoms with Crippen molar-refractivity contribution in [2.45, 2.75) is 31.3 Å². The number of anilines is 3. The van der Waals surface area contributed by atoms with Gasteiger partial charge < -0.3 is 31.7 Å². The highest BCUT2D eigenvalue weighted by molar-refractivity contribution is 5.67. The third-order valence-electron chi connectivity index (χ3n) is 3.01. The summed E-state index contributed by atoms with van der Waals surface area (Å²) >= 11 is 0. The summed E-state index contributed by atoms with van der Waals surface area (Å²) in [6, 6.07) is -0.636. The first-order chi connectivity index (χ1) is 8.90. The van der Waals surface area contributed by atoms with Gasteiger partial charge in [0.2, 0.25) is 5.95 Å². The molecule has 0 fully saturated rings. The number of aromatic amines is 1. The van der Waals surface area contributed by atoms with Crippen LogP contribution in [0.3, 0.4) is 0 Å². The van der Waals surface area contributed by atoms with Gasteiger partial charge in [-0.25, -0.2) is 0 Å². The van der Waals surface area contributed by atoms with Crippen LogP contribution in [0.25, 0.3) is 0 Å². The summed E-state index contributed by atoms with van der Waals surface area (Å²) in [5.74, 6) is 0.275. The van der Waals surface area contributed by atoms with Crippen molar-refractivity contribution in [3.05, 3.63) is 10.4 Å². The fraction of sp³-hybridized carbons (Fsp3) is 0.600. The summed E-state index contributed by atoms with van der Waals surface area (Å²) < 4.78 is 0. The largest absolute Gasteiger partial charge is 0.391 e. The molecule has 2 heterocycles. The predicted octanol–water partition coefficient (Wildman–Crippen LogP) is -2.34. The molecule has 4 atom stereocenters. The smallest absolute Gasteiger partial charge is 0.277 e. The zero-order valence-corrected chi connectivity index (χ0v) is 10.3. The molecule has 1 aromatic heterocycles. The molecule has 4 unspecified atom stereocenters. The SMILES string of the molecule is CC(O)C(O)C(O)C1CNc2nc(N)[nH]c(=O)c2N1. The van der Waals surface area contributed by atoms with Crippen LogP contribution in [0.5, 0.6) is 0 Å². The average molecular weight is 271 g/mol. The Morgan fingerprint density at radius 3 is 2.74 bits per heavy atom. The zero-order chi connectivity index (χ0) is 14.2. The monoisotopic (exact) mass is 271 g/mol. The van der Waals surface area contributed by atoms with E-state index in [1.807, 2.05) is 0 Å². The molecule has 0 bridgehead atoms. The molecule has 0 spiro atoms. The Morgan fingerprint density at radius 1 is 1.42 bits per heavy atom. The van der Waals surface area contributed by atoms with Crippen molar-refractivity contribution >= 4 is 17.5 Å². The van der Waals surface area contributed by atoms with E-state index in [-0.39, 0.29) is 24.0 Å². The quantitative estimate of drug-likeness (QED) is 0.322. The number of fused-ring (bicyclic) bond motifs is 1. The second kappa shape index (κ2) is 5.03. The minimum atomic E-state index is -1.32. The van der Waals surface area contributed by atoms with E-state index < -0.39 is 29.9 Å². The number of nitrogens with one attached hydrogen (secondary N) is 3. The van der Waals surface area contributed by atoms with Gasteiger partial charge in [-0.1, -0.05) is 0 Å². The molecule has 106 valence electrons. The number of H-pyrrole nitrogens is 1. The summed E-state index contributed by atoms with van der Waals surface area (Å²) in [4.78, 5) is 17.9. The molecule has 1 aromatic rings. The minimum Gasteiger partial charge on any atom is -0.391 e. The molecule has 0 saturated heterocycles. The van der Waals surface area contributed by atoms with E-state index in [2.05, 4.69) is 20.6 Å². The predicted molar refractivity (Wildman–Crippen MR) is 68.9 cm³/mol. The van der Waals surface area contributed by atoms with Crippen molar-refractivity contribution in [3.63, 3.8) is 0 Å². The van der Waals surface area contributed by atoms with Crippen LogP contribution in [-0.4, -0.2) is 56.2 Å². The fourth-order valence-corrected chi connectivity index (χ4v) is 1.93. The van der Waals surface area contributed by atoms with Gasteiger partial charge in [-0.15, -0.1) is 0 Å². The van der Waals surface area contributed by atoms with Crippen LogP contribution in [0.1, 0.15) is 6.92 Å². The van der Waals surface area contributed by atoms with E-state index in [1.165, 1.54) is 6.92 Å². The lowest BCUT2D eigenvalue weighted by atomic mass is 10.0. The van der Waals surface area contributed by atoms with Crippen molar-refractivity contribution in [2.75, 3.05) is 22.9 Å². The van der Waals surface area contributed by atoms with Crippen LogP contribution in [0, 0.1) is 0 Å². The molecular formula is C10H17N5O4. The lowest BCUT2D eigenvalue weighted by molar-refractivity contribution is -0.0569. The Morgan fingerprint density at radius 2 is 2.11 bits per heavy atom. The Bertz CT molecular complexity index is 517. The molecule has 0 radical (unpaired) electrons. The highest BCUT2D eigenvalue weighted by atomic mass is 16.4. The van der Waals surface area contributed by atoms with Gasteiger partial charge in [-0.2, -0.15) is 4.98 Å². The molecule has 2 rings (SSSR count). The molecule has 0 aliphatic carbocycles. The van der Waals surface area contributed by atoms with Crippen molar-refractivity contribution in [2.24, 2.45) is 0 Å². The summed E-state index contributed by atoms with van der Waals surface area (Å²) in [5, 5.41) is 34.4. The zero-order valence-electron chi connectivity index (χ0n) is 10.3. The van der Waals surface area contributed by atoms with Gasteiger partial charge >= 0.3 is 0 Å². The molecule has 0 amide bonds. The van der Waals surface area contributed by atoms with Gasteiger partial charge in [-0.05, 0) is 6.92 Å². The Balaban J connectivity index is 2.21. The van der Waals surface area contributed by atoms with Gasteiger partial charge in [0.05, 0.1) is 12.1 Å². The molecule has 9 nitrogen and oxygen atoms in total. The van der Waals surface area contributed by atoms with Crippen molar-refractivity contribution in [1.82, 2.24) is 9.97 Å². The van der Waals surface area contributed by atoms with Gasteiger partial charge in [0.1, 0.15) is 17.9 Å². The van der Waals surface area contributed by atoms with Crippen LogP contribution in [0.15, 0.2) is 4.79 Å². The van der Waals surface area contributed by atoms with Crippen LogP contribution >= 0.6 is 0 Å². The number of nitrogens with zero attached hydrogens (tertiary/aromatic N) is 1. The summed E-state index contributed by atoms with van der Waals surface area (Å²) in [5.41, 5.74) is 5.08. The van der Waals surface area contributed by atoms with Crippen molar-refractivity contribution < 1.29 is 15.3 Å². The van der Waals surface area contributed by atoms with E-state index in [0.29, 0.717) is 0 Å². The second-order valence-electron chi connectivity index (χ2n) is 4.53. The fourth-order valence-electron chi connectivity index (χ4n) is 1.93. The molecule has 0 saturated carbocycles. The number of aromatic nitrogens is 2. The average Bonchev–Trinajstić information content (AvgIpc) is 2.36. The van der Waals surface area contributed by atoms with Crippen LogP contribution in [0.4, 0.5) is 17.5 Å². The second-order valence-corrected chi connectivity index (χ2v) is 4.53. The summed E-state index contributed by atoms with van der Waals surface area (Å²) in [6.45, 7) is 1.60. The van der Waals surface area contributed by atoms with Crippen LogP contribution in [-0.2, 0) is 0 Å². The van der Waals surface area contributed by atoms with Gasteiger partial charge in [-0.3, -0.25) is 9.78 Å². The van der Waals surface area contributed by atoms with E-state index in [1.54, 1.807) is 0 Å². The number of aliphatic hydroxyl groups excluding tert-OH is 3. The van der Waals surface area contributed by atoms with E-state index in [0.717, 1.165) is 0 Å². The summed E-state index contributed by atoms with van der Waals surface area (Å²) in [6.07, 6.45) is -3.64. The van der Waals surface area contributed by atoms with Crippen molar-refractivity contribution in [3.8, 4) is 0 Å². The standard InChI is InChI=1S/C10H17N5O4/c1-3(16)6(17)7(18)4-2-12-8-5(13-4)9(19)15-10(11)14-8/h3-4,6-7,13,16-18H,2H2,1H3,(H4,11,12,14,15,19). The molecule has 1 aliphatic rings. The molecule has 8 N–H and O–H groups in total. The third-order valence-corrected chi connectivity index (χ3v) is 3.01. The van der Waals surface area contributed by atoms with Gasteiger partial charge in [0.25, 0.3) is 5.56 Å². The van der Waals surface area contributed by atoms with E-state index >= 15 is 0 Å². The third kappa shape index (κ3) is 2.62. The molecule has 9 heteroatoms. The Labute approximate surface area is 108 Å². The number of rotatable bonds is 3. The van der Waals surface area contributed by atoms with Gasteiger partial charge in [0, 0.05) is 6.54 Å². The van der Waals surface area contributed by atoms with Gasteiger partial charge in [0.15, 0.2) is 5.82 Å². The number of nitrogens with two attached hydrogens (primary N) is 1. The first kappa shape index (κ1) is 13.6. The lowest BCUT2D eigenvalue weighted by Gasteiger charge is -2.33. The number of aliphatic hydroxyl groups is 3. The van der Waals surface area contributed by atoms with E-state index in [4.69, 9.17) is 5.73 Å². The normalized spacial score (nSPS) is 22.6. The molecule has 19 heavy (non-hydrogen) atoms. The lowest BCUT2D eigenvalue weighted by Crippen LogP contribution is -2.52. The highest BCUT2D eigenvalue weighted by Gasteiger charge is 2.33. The number of hydrogen-bond acceptors (Lipinski definition) is 8. The maximum absolute atomic E-state index is 11.7. The maximum atomic E-state index is 11.7. The first-order valence-corrected chi connectivity index (χ1v) is 5.84. The maximum Gasteiger partial charge on any atom is 0.277 e. The first-order valence-electron chi connectivity index (χ1n) is 5.84. The molecule has 0 aromatic carbocycles.